The summed E-state index contributed by atoms with van der Waals surface area (Å²) in [5, 5.41) is 1.05. The summed E-state index contributed by atoms with van der Waals surface area (Å²) in [5.74, 6) is -0.326. The molecule has 1 unspecified atom stereocenters. The van der Waals surface area contributed by atoms with Gasteiger partial charge in [-0.25, -0.2) is 0 Å². The molecule has 0 aliphatic heterocycles. The zero-order valence-electron chi connectivity index (χ0n) is 16.7. The zero-order valence-corrected chi connectivity index (χ0v) is 17.5. The van der Waals surface area contributed by atoms with E-state index in [1.54, 1.807) is 0 Å². The number of allylic oxidation sites excluding steroid dienone is 2. The average molecular weight is 390 g/mol. The van der Waals surface area contributed by atoms with Gasteiger partial charge < -0.3 is 5.32 Å². The van der Waals surface area contributed by atoms with Crippen LogP contribution in [0, 0.1) is 0 Å². The maximum atomic E-state index is 11.5. The number of carbonyl (C=O) groups is 1. The highest BCUT2D eigenvalue weighted by atomic mass is 32.2. The molecular weight excluding hydrogens is 350 g/mol. The van der Waals surface area contributed by atoms with E-state index in [-0.39, 0.29) is 5.91 Å². The third-order valence-corrected chi connectivity index (χ3v) is 5.49. The number of rotatable bonds is 17. The van der Waals surface area contributed by atoms with Crippen LogP contribution in [0.1, 0.15) is 104 Å². The van der Waals surface area contributed by atoms with Crippen molar-refractivity contribution in [3.63, 3.8) is 0 Å². The van der Waals surface area contributed by atoms with E-state index < -0.39 is 15.5 Å². The molecule has 0 fully saturated rings. The monoisotopic (exact) mass is 389 g/mol. The minimum atomic E-state index is -4.20. The third kappa shape index (κ3) is 16.6. The van der Waals surface area contributed by atoms with Gasteiger partial charge in [-0.2, -0.15) is 8.42 Å². The Balaban J connectivity index is 3.38. The molecule has 0 aliphatic carbocycles. The van der Waals surface area contributed by atoms with Crippen molar-refractivity contribution < 1.29 is 17.8 Å². The first kappa shape index (κ1) is 25.1. The summed E-state index contributed by atoms with van der Waals surface area (Å²) in [7, 11) is -4.20. The molecule has 6 heteroatoms. The van der Waals surface area contributed by atoms with Gasteiger partial charge in [0.15, 0.2) is 5.37 Å². The Morgan fingerprint density at radius 2 is 1.35 bits per heavy atom. The first-order valence-electron chi connectivity index (χ1n) is 10.3. The minimum absolute atomic E-state index is 0.304. The Kier molecular flexibility index (Phi) is 15.8. The highest BCUT2D eigenvalue weighted by Crippen LogP contribution is 2.10. The maximum Gasteiger partial charge on any atom is 0.285 e. The number of hydrogen-bond donors (Lipinski definition) is 2. The molecule has 1 atom stereocenters. The number of carbonyl (C=O) groups excluding carboxylic acids is 1. The lowest BCUT2D eigenvalue weighted by Crippen LogP contribution is -2.37. The molecule has 0 aromatic heterocycles. The molecule has 0 aromatic carbocycles. The van der Waals surface area contributed by atoms with Gasteiger partial charge in [0.05, 0.1) is 0 Å². The molecule has 154 valence electrons. The van der Waals surface area contributed by atoms with E-state index in [1.165, 1.54) is 58.3 Å². The van der Waals surface area contributed by atoms with Crippen LogP contribution in [-0.2, 0) is 14.9 Å². The summed E-state index contributed by atoms with van der Waals surface area (Å²) in [6.07, 6.45) is 20.4. The average Bonchev–Trinajstić information content (AvgIpc) is 2.57. The predicted octanol–water partition coefficient (Wildman–Crippen LogP) is 5.37. The van der Waals surface area contributed by atoms with Crippen molar-refractivity contribution in [3.05, 3.63) is 12.2 Å². The lowest BCUT2D eigenvalue weighted by Gasteiger charge is -2.10. The summed E-state index contributed by atoms with van der Waals surface area (Å²) in [6.45, 7) is 3.50. The lowest BCUT2D eigenvalue weighted by atomic mass is 10.1. The fourth-order valence-electron chi connectivity index (χ4n) is 2.73. The first-order chi connectivity index (χ1) is 12.4. The molecular formula is C20H39NO4S. The SMILES string of the molecule is CCCCCCCC/C=C\CCCCCCCC(=O)NC(C)S(=O)(=O)O. The molecule has 0 rings (SSSR count). The first-order valence-corrected chi connectivity index (χ1v) is 11.8. The van der Waals surface area contributed by atoms with Crippen molar-refractivity contribution in [1.82, 2.24) is 5.32 Å². The van der Waals surface area contributed by atoms with Crippen molar-refractivity contribution in [3.8, 4) is 0 Å². The molecule has 5 nitrogen and oxygen atoms in total. The summed E-state index contributed by atoms with van der Waals surface area (Å²) >= 11 is 0. The van der Waals surface area contributed by atoms with E-state index in [0.717, 1.165) is 32.1 Å². The summed E-state index contributed by atoms with van der Waals surface area (Å²) in [4.78, 5) is 11.5. The Labute approximate surface area is 160 Å². The number of amides is 1. The van der Waals surface area contributed by atoms with Gasteiger partial charge in [0, 0.05) is 6.42 Å². The van der Waals surface area contributed by atoms with Crippen LogP contribution in [0.4, 0.5) is 0 Å². The van der Waals surface area contributed by atoms with Gasteiger partial charge in [0.25, 0.3) is 10.1 Å². The fraction of sp³-hybridized carbons (Fsp3) is 0.850. The normalized spacial score (nSPS) is 13.2. The van der Waals surface area contributed by atoms with E-state index >= 15 is 0 Å². The third-order valence-electron chi connectivity index (χ3n) is 4.48. The van der Waals surface area contributed by atoms with Crippen LogP contribution in [-0.4, -0.2) is 24.3 Å². The van der Waals surface area contributed by atoms with E-state index in [0.29, 0.717) is 6.42 Å². The molecule has 0 aromatic rings. The van der Waals surface area contributed by atoms with Crippen molar-refractivity contribution in [1.29, 1.82) is 0 Å². The van der Waals surface area contributed by atoms with Crippen LogP contribution in [0.25, 0.3) is 0 Å². The van der Waals surface area contributed by atoms with Gasteiger partial charge in [-0.1, -0.05) is 70.4 Å². The van der Waals surface area contributed by atoms with Gasteiger partial charge in [-0.3, -0.25) is 9.35 Å². The second-order valence-electron chi connectivity index (χ2n) is 7.06. The van der Waals surface area contributed by atoms with Crippen molar-refractivity contribution in [2.24, 2.45) is 0 Å². The molecule has 0 saturated heterocycles. The van der Waals surface area contributed by atoms with Crippen molar-refractivity contribution >= 4 is 16.0 Å². The largest absolute Gasteiger partial charge is 0.338 e. The maximum absolute atomic E-state index is 11.5. The molecule has 0 heterocycles. The topological polar surface area (TPSA) is 83.5 Å². The minimum Gasteiger partial charge on any atom is -0.338 e. The molecule has 2 N–H and O–H groups in total. The standard InChI is InChI=1S/C20H39NO4S/c1-3-4-5-6-7-8-9-10-11-12-13-14-15-16-17-18-20(22)21-19(2)26(23,24)25/h10-11,19H,3-9,12-18H2,1-2H3,(H,21,22)(H,23,24,25)/b11-10-. The van der Waals surface area contributed by atoms with Crippen LogP contribution < -0.4 is 5.32 Å². The van der Waals surface area contributed by atoms with Gasteiger partial charge in [0.1, 0.15) is 0 Å². The number of nitrogens with one attached hydrogen (secondary N) is 1. The van der Waals surface area contributed by atoms with Gasteiger partial charge in [-0.15, -0.1) is 0 Å². The van der Waals surface area contributed by atoms with E-state index in [1.807, 2.05) is 0 Å². The van der Waals surface area contributed by atoms with Gasteiger partial charge in [0.2, 0.25) is 5.91 Å². The predicted molar refractivity (Wildman–Crippen MR) is 109 cm³/mol. The Morgan fingerprint density at radius 1 is 0.885 bits per heavy atom. The molecule has 26 heavy (non-hydrogen) atoms. The lowest BCUT2D eigenvalue weighted by molar-refractivity contribution is -0.121. The summed E-state index contributed by atoms with van der Waals surface area (Å²) in [5.41, 5.74) is 0. The highest BCUT2D eigenvalue weighted by Gasteiger charge is 2.18. The zero-order chi connectivity index (χ0) is 19.7. The number of unbranched alkanes of at least 4 members (excludes halogenated alkanes) is 11. The van der Waals surface area contributed by atoms with Gasteiger partial charge in [-0.05, 0) is 39.0 Å². The Morgan fingerprint density at radius 3 is 1.85 bits per heavy atom. The van der Waals surface area contributed by atoms with Crippen LogP contribution >= 0.6 is 0 Å². The smallest absolute Gasteiger partial charge is 0.285 e. The van der Waals surface area contributed by atoms with Gasteiger partial charge >= 0.3 is 0 Å². The molecule has 0 radical (unpaired) electrons. The number of hydrogen-bond acceptors (Lipinski definition) is 3. The van der Waals surface area contributed by atoms with E-state index in [9.17, 15) is 13.2 Å². The second-order valence-corrected chi connectivity index (χ2v) is 8.80. The van der Waals surface area contributed by atoms with Crippen LogP contribution in [0.2, 0.25) is 0 Å². The molecule has 0 saturated carbocycles. The fourth-order valence-corrected chi connectivity index (χ4v) is 3.01. The highest BCUT2D eigenvalue weighted by molar-refractivity contribution is 7.86. The van der Waals surface area contributed by atoms with Crippen LogP contribution in [0.15, 0.2) is 12.2 Å². The Bertz CT molecular complexity index is 474. The van der Waals surface area contributed by atoms with E-state index in [2.05, 4.69) is 24.4 Å². The van der Waals surface area contributed by atoms with E-state index in [4.69, 9.17) is 4.55 Å². The summed E-state index contributed by atoms with van der Waals surface area (Å²) in [6, 6.07) is 0. The molecule has 0 spiro atoms. The van der Waals surface area contributed by atoms with Crippen molar-refractivity contribution in [2.75, 3.05) is 0 Å². The molecule has 0 aliphatic rings. The van der Waals surface area contributed by atoms with Crippen molar-refractivity contribution in [2.45, 2.75) is 109 Å². The van der Waals surface area contributed by atoms with Crippen LogP contribution in [0.3, 0.4) is 0 Å². The quantitative estimate of drug-likeness (QED) is 0.199. The van der Waals surface area contributed by atoms with Crippen LogP contribution in [0.5, 0.6) is 0 Å². The second kappa shape index (κ2) is 16.3. The molecule has 1 amide bonds. The Hall–Kier alpha value is -0.880. The molecule has 0 bridgehead atoms. The summed E-state index contributed by atoms with van der Waals surface area (Å²) < 4.78 is 30.4.